The third kappa shape index (κ3) is 3.11. The molecule has 1 aliphatic rings. The molecule has 112 valence electrons. The first-order valence-electron chi connectivity index (χ1n) is 6.62. The summed E-state index contributed by atoms with van der Waals surface area (Å²) < 4.78 is 45.5. The van der Waals surface area contributed by atoms with E-state index < -0.39 is 15.8 Å². The van der Waals surface area contributed by atoms with Gasteiger partial charge in [-0.15, -0.1) is 0 Å². The predicted octanol–water partition coefficient (Wildman–Crippen LogP) is 1.60. The minimum Gasteiger partial charge on any atom is -0.399 e. The van der Waals surface area contributed by atoms with E-state index in [-0.39, 0.29) is 23.2 Å². The molecule has 2 N–H and O–H groups in total. The summed E-state index contributed by atoms with van der Waals surface area (Å²) in [5.74, 6) is -0.816. The van der Waals surface area contributed by atoms with Crippen LogP contribution in [0.15, 0.2) is 23.1 Å². The Kier molecular flexibility index (Phi) is 4.62. The van der Waals surface area contributed by atoms with Gasteiger partial charge < -0.3 is 10.5 Å². The van der Waals surface area contributed by atoms with Crippen molar-refractivity contribution in [2.75, 3.05) is 25.4 Å². The van der Waals surface area contributed by atoms with Gasteiger partial charge in [0.2, 0.25) is 10.0 Å². The van der Waals surface area contributed by atoms with Crippen LogP contribution in [0.3, 0.4) is 0 Å². The number of rotatable bonds is 4. The highest BCUT2D eigenvalue weighted by Gasteiger charge is 2.32. The fourth-order valence-corrected chi connectivity index (χ4v) is 3.92. The second-order valence-corrected chi connectivity index (χ2v) is 6.68. The van der Waals surface area contributed by atoms with Gasteiger partial charge in [-0.1, -0.05) is 0 Å². The van der Waals surface area contributed by atoms with Gasteiger partial charge in [-0.3, -0.25) is 0 Å². The number of anilines is 1. The summed E-state index contributed by atoms with van der Waals surface area (Å²) in [4.78, 5) is -0.330. The number of hydrogen-bond acceptors (Lipinski definition) is 4. The van der Waals surface area contributed by atoms with Crippen LogP contribution in [-0.2, 0) is 14.8 Å². The first-order valence-corrected chi connectivity index (χ1v) is 8.06. The lowest BCUT2D eigenvalue weighted by Gasteiger charge is -2.31. The van der Waals surface area contributed by atoms with E-state index in [1.165, 1.54) is 16.4 Å². The van der Waals surface area contributed by atoms with Crippen LogP contribution in [0.5, 0.6) is 0 Å². The lowest BCUT2D eigenvalue weighted by atomic mass is 10.1. The van der Waals surface area contributed by atoms with Gasteiger partial charge in [0.1, 0.15) is 10.7 Å². The molecule has 1 aromatic rings. The molecule has 5 nitrogen and oxygen atoms in total. The molecule has 1 aromatic carbocycles. The molecule has 1 fully saturated rings. The smallest absolute Gasteiger partial charge is 0.246 e. The number of benzene rings is 1. The van der Waals surface area contributed by atoms with Crippen molar-refractivity contribution in [3.8, 4) is 0 Å². The zero-order chi connectivity index (χ0) is 14.8. The Morgan fingerprint density at radius 1 is 1.50 bits per heavy atom. The molecule has 1 aliphatic heterocycles. The zero-order valence-corrected chi connectivity index (χ0v) is 12.2. The van der Waals surface area contributed by atoms with Crippen LogP contribution in [0.1, 0.15) is 19.8 Å². The van der Waals surface area contributed by atoms with Crippen molar-refractivity contribution < 1.29 is 17.5 Å². The van der Waals surface area contributed by atoms with Crippen LogP contribution >= 0.6 is 0 Å². The van der Waals surface area contributed by atoms with Crippen LogP contribution in [0.2, 0.25) is 0 Å². The molecular weight excluding hydrogens is 283 g/mol. The van der Waals surface area contributed by atoms with E-state index in [1.807, 2.05) is 6.92 Å². The Morgan fingerprint density at radius 2 is 2.25 bits per heavy atom. The van der Waals surface area contributed by atoms with Crippen molar-refractivity contribution in [2.45, 2.75) is 30.8 Å². The highest BCUT2D eigenvalue weighted by molar-refractivity contribution is 7.89. The third-order valence-electron chi connectivity index (χ3n) is 3.32. The van der Waals surface area contributed by atoms with Gasteiger partial charge in [-0.05, 0) is 38.0 Å². The highest BCUT2D eigenvalue weighted by atomic mass is 32.2. The van der Waals surface area contributed by atoms with E-state index in [1.54, 1.807) is 0 Å². The van der Waals surface area contributed by atoms with Crippen molar-refractivity contribution in [2.24, 2.45) is 0 Å². The Balaban J connectivity index is 2.25. The first kappa shape index (κ1) is 15.2. The Morgan fingerprint density at radius 3 is 2.90 bits per heavy atom. The number of nitrogen functional groups attached to an aromatic ring is 1. The number of piperidine rings is 1. The Labute approximate surface area is 118 Å². The molecule has 0 radical (unpaired) electrons. The van der Waals surface area contributed by atoms with E-state index >= 15 is 0 Å². The van der Waals surface area contributed by atoms with E-state index in [0.717, 1.165) is 12.5 Å². The molecule has 0 aromatic heterocycles. The van der Waals surface area contributed by atoms with E-state index in [2.05, 4.69) is 0 Å². The van der Waals surface area contributed by atoms with Crippen molar-refractivity contribution in [3.63, 3.8) is 0 Å². The largest absolute Gasteiger partial charge is 0.399 e. The normalized spacial score (nSPS) is 21.0. The number of sulfonamides is 1. The van der Waals surface area contributed by atoms with Gasteiger partial charge >= 0.3 is 0 Å². The second-order valence-electron chi connectivity index (χ2n) is 4.77. The Bertz CT molecular complexity index is 575. The van der Waals surface area contributed by atoms with Crippen molar-refractivity contribution in [1.29, 1.82) is 0 Å². The molecule has 1 saturated heterocycles. The van der Waals surface area contributed by atoms with Gasteiger partial charge in [0.15, 0.2) is 0 Å². The number of ether oxygens (including phenoxy) is 1. The quantitative estimate of drug-likeness (QED) is 0.857. The van der Waals surface area contributed by atoms with Gasteiger partial charge in [0, 0.05) is 25.4 Å². The minimum absolute atomic E-state index is 0.125. The number of nitrogens with zero attached hydrogens (tertiary/aromatic N) is 1. The summed E-state index contributed by atoms with van der Waals surface area (Å²) in [6.07, 6.45) is 1.41. The van der Waals surface area contributed by atoms with Gasteiger partial charge in [0.05, 0.1) is 6.10 Å². The van der Waals surface area contributed by atoms with Gasteiger partial charge in [-0.25, -0.2) is 12.8 Å². The zero-order valence-electron chi connectivity index (χ0n) is 11.4. The summed E-state index contributed by atoms with van der Waals surface area (Å²) in [5.41, 5.74) is 5.64. The average Bonchev–Trinajstić information content (AvgIpc) is 2.39. The molecule has 0 amide bonds. The van der Waals surface area contributed by atoms with Crippen LogP contribution in [0, 0.1) is 5.82 Å². The lowest BCUT2D eigenvalue weighted by Crippen LogP contribution is -2.43. The molecule has 2 rings (SSSR count). The maximum absolute atomic E-state index is 13.8. The maximum atomic E-state index is 13.8. The van der Waals surface area contributed by atoms with Crippen LogP contribution in [0.4, 0.5) is 10.1 Å². The number of hydrogen-bond donors (Lipinski definition) is 1. The summed E-state index contributed by atoms with van der Waals surface area (Å²) in [6, 6.07) is 3.63. The van der Waals surface area contributed by atoms with Crippen LogP contribution < -0.4 is 5.73 Å². The number of nitrogens with two attached hydrogens (primary N) is 1. The summed E-state index contributed by atoms with van der Waals surface area (Å²) >= 11 is 0. The SMILES string of the molecule is CCOC1CCCN(S(=O)(=O)c2ccc(N)cc2F)C1. The highest BCUT2D eigenvalue weighted by Crippen LogP contribution is 2.25. The fourth-order valence-electron chi connectivity index (χ4n) is 2.36. The molecule has 0 bridgehead atoms. The summed E-state index contributed by atoms with van der Waals surface area (Å²) in [7, 11) is -3.84. The van der Waals surface area contributed by atoms with Gasteiger partial charge in [-0.2, -0.15) is 4.31 Å². The summed E-state index contributed by atoms with van der Waals surface area (Å²) in [6.45, 7) is 3.05. The van der Waals surface area contributed by atoms with Crippen LogP contribution in [-0.4, -0.2) is 38.5 Å². The first-order chi connectivity index (χ1) is 9.45. The van der Waals surface area contributed by atoms with E-state index in [4.69, 9.17) is 10.5 Å². The van der Waals surface area contributed by atoms with Crippen molar-refractivity contribution in [1.82, 2.24) is 4.31 Å². The molecule has 0 aliphatic carbocycles. The molecular formula is C13H19FN2O3S. The predicted molar refractivity (Wildman–Crippen MR) is 74.2 cm³/mol. The van der Waals surface area contributed by atoms with E-state index in [9.17, 15) is 12.8 Å². The van der Waals surface area contributed by atoms with Gasteiger partial charge in [0.25, 0.3) is 0 Å². The van der Waals surface area contributed by atoms with Crippen LogP contribution in [0.25, 0.3) is 0 Å². The Hall–Kier alpha value is -1.18. The van der Waals surface area contributed by atoms with Crippen molar-refractivity contribution in [3.05, 3.63) is 24.0 Å². The summed E-state index contributed by atoms with van der Waals surface area (Å²) in [5, 5.41) is 0. The molecule has 1 atom stereocenters. The monoisotopic (exact) mass is 302 g/mol. The number of halogens is 1. The second kappa shape index (κ2) is 6.07. The third-order valence-corrected chi connectivity index (χ3v) is 5.22. The molecule has 1 unspecified atom stereocenters. The molecule has 0 spiro atoms. The minimum atomic E-state index is -3.84. The molecule has 0 saturated carbocycles. The fraction of sp³-hybridized carbons (Fsp3) is 0.538. The van der Waals surface area contributed by atoms with E-state index in [0.29, 0.717) is 19.6 Å². The molecule has 7 heteroatoms. The average molecular weight is 302 g/mol. The lowest BCUT2D eigenvalue weighted by molar-refractivity contribution is 0.0264. The topological polar surface area (TPSA) is 72.6 Å². The standard InChI is InChI=1S/C13H19FN2O3S/c1-2-19-11-4-3-7-16(9-11)20(17,18)13-6-5-10(15)8-12(13)14/h5-6,8,11H,2-4,7,9,15H2,1H3. The van der Waals surface area contributed by atoms with Crippen molar-refractivity contribution >= 4 is 15.7 Å². The molecule has 20 heavy (non-hydrogen) atoms. The maximum Gasteiger partial charge on any atom is 0.246 e. The molecule has 1 heterocycles.